The highest BCUT2D eigenvalue weighted by molar-refractivity contribution is 9.10. The zero-order valence-corrected chi connectivity index (χ0v) is 15.0. The molecule has 3 aromatic rings. The van der Waals surface area contributed by atoms with Gasteiger partial charge in [0.15, 0.2) is 0 Å². The zero-order chi connectivity index (χ0) is 18.5. The number of hydrogen-bond acceptors (Lipinski definition) is 3. The van der Waals surface area contributed by atoms with E-state index in [0.29, 0.717) is 16.1 Å². The Bertz CT molecular complexity index is 933. The molecule has 1 aromatic heterocycles. The quantitative estimate of drug-likeness (QED) is 0.644. The number of hydrogen-bond donors (Lipinski definition) is 1. The van der Waals surface area contributed by atoms with Gasteiger partial charge < -0.3 is 10.1 Å². The Balaban J connectivity index is 1.66. The van der Waals surface area contributed by atoms with Gasteiger partial charge in [-0.15, -0.1) is 0 Å². The van der Waals surface area contributed by atoms with Gasteiger partial charge in [0.2, 0.25) is 5.88 Å². The normalized spacial score (nSPS) is 10.4. The van der Waals surface area contributed by atoms with Crippen LogP contribution < -0.4 is 10.1 Å². The topological polar surface area (TPSA) is 51.2 Å². The third kappa shape index (κ3) is 4.64. The van der Waals surface area contributed by atoms with E-state index in [2.05, 4.69) is 26.2 Å². The zero-order valence-electron chi connectivity index (χ0n) is 13.4. The second-order valence-corrected chi connectivity index (χ2v) is 6.22. The second-order valence-electron chi connectivity index (χ2n) is 5.37. The van der Waals surface area contributed by atoms with Crippen LogP contribution in [0.2, 0.25) is 0 Å². The summed E-state index contributed by atoms with van der Waals surface area (Å²) in [4.78, 5) is 16.3. The number of amides is 1. The number of ether oxygens (including phenoxy) is 1. The van der Waals surface area contributed by atoms with Crippen LogP contribution in [0.15, 0.2) is 65.3 Å². The summed E-state index contributed by atoms with van der Waals surface area (Å²) < 4.78 is 32.3. The van der Waals surface area contributed by atoms with Crippen LogP contribution in [0.3, 0.4) is 0 Å². The Morgan fingerprint density at radius 2 is 1.77 bits per heavy atom. The number of halogens is 3. The van der Waals surface area contributed by atoms with E-state index < -0.39 is 11.7 Å². The van der Waals surface area contributed by atoms with Gasteiger partial charge in [0.1, 0.15) is 17.4 Å². The Morgan fingerprint density at radius 3 is 2.54 bits per heavy atom. The predicted molar refractivity (Wildman–Crippen MR) is 96.0 cm³/mol. The van der Waals surface area contributed by atoms with Crippen LogP contribution >= 0.6 is 15.9 Å². The van der Waals surface area contributed by atoms with Gasteiger partial charge in [0.05, 0.1) is 5.56 Å². The second kappa shape index (κ2) is 8.05. The van der Waals surface area contributed by atoms with Crippen LogP contribution in [-0.2, 0) is 6.54 Å². The first-order valence-corrected chi connectivity index (χ1v) is 8.42. The van der Waals surface area contributed by atoms with Crippen molar-refractivity contribution in [3.8, 4) is 11.6 Å². The number of aromatic nitrogens is 1. The first-order valence-electron chi connectivity index (χ1n) is 7.63. The van der Waals surface area contributed by atoms with Gasteiger partial charge >= 0.3 is 0 Å². The fourth-order valence-electron chi connectivity index (χ4n) is 2.19. The smallest absolute Gasteiger partial charge is 0.252 e. The number of carbonyl (C=O) groups is 1. The van der Waals surface area contributed by atoms with Crippen molar-refractivity contribution < 1.29 is 18.3 Å². The van der Waals surface area contributed by atoms with Gasteiger partial charge in [-0.2, -0.15) is 0 Å². The number of benzene rings is 2. The average Bonchev–Trinajstić information content (AvgIpc) is 2.64. The molecule has 0 aliphatic heterocycles. The molecule has 0 saturated carbocycles. The van der Waals surface area contributed by atoms with E-state index in [9.17, 15) is 13.6 Å². The standard InChI is InChI=1S/C19H13BrF2N2O2/c20-17-6-3-14(22)10-16(17)19(25)24-11-12-7-8-23-18(9-12)26-15-4-1-13(21)2-5-15/h1-10H,11H2,(H,24,25). The fourth-order valence-corrected chi connectivity index (χ4v) is 2.62. The van der Waals surface area contributed by atoms with Gasteiger partial charge in [-0.1, -0.05) is 0 Å². The van der Waals surface area contributed by atoms with Crippen LogP contribution in [0, 0.1) is 11.6 Å². The highest BCUT2D eigenvalue weighted by Gasteiger charge is 2.11. The van der Waals surface area contributed by atoms with Crippen molar-refractivity contribution in [2.45, 2.75) is 6.54 Å². The average molecular weight is 419 g/mol. The molecule has 0 bridgehead atoms. The van der Waals surface area contributed by atoms with Gasteiger partial charge in [0, 0.05) is 23.3 Å². The Labute approximate surface area is 157 Å². The number of pyridine rings is 1. The summed E-state index contributed by atoms with van der Waals surface area (Å²) in [5.74, 6) is -0.490. The predicted octanol–water partition coefficient (Wildman–Crippen LogP) is 4.84. The van der Waals surface area contributed by atoms with E-state index in [-0.39, 0.29) is 17.9 Å². The molecule has 0 atom stereocenters. The molecule has 0 radical (unpaired) electrons. The first-order chi connectivity index (χ1) is 12.5. The van der Waals surface area contributed by atoms with Crippen molar-refractivity contribution in [2.24, 2.45) is 0 Å². The van der Waals surface area contributed by atoms with Crippen molar-refractivity contribution in [3.63, 3.8) is 0 Å². The van der Waals surface area contributed by atoms with Gasteiger partial charge in [-0.3, -0.25) is 4.79 Å². The Hall–Kier alpha value is -2.80. The lowest BCUT2D eigenvalue weighted by Gasteiger charge is -2.09. The molecule has 0 aliphatic rings. The number of nitrogens with one attached hydrogen (secondary N) is 1. The highest BCUT2D eigenvalue weighted by atomic mass is 79.9. The van der Waals surface area contributed by atoms with Crippen molar-refractivity contribution in [1.82, 2.24) is 10.3 Å². The molecule has 2 aromatic carbocycles. The third-order valence-electron chi connectivity index (χ3n) is 3.46. The maximum Gasteiger partial charge on any atom is 0.252 e. The summed E-state index contributed by atoms with van der Waals surface area (Å²) >= 11 is 3.23. The first kappa shape index (κ1) is 18.0. The maximum atomic E-state index is 13.3. The lowest BCUT2D eigenvalue weighted by Crippen LogP contribution is -2.23. The summed E-state index contributed by atoms with van der Waals surface area (Å²) in [5.41, 5.74) is 0.958. The molecular formula is C19H13BrF2N2O2. The summed E-state index contributed by atoms with van der Waals surface area (Å²) in [6.45, 7) is 0.212. The minimum Gasteiger partial charge on any atom is -0.439 e. The van der Waals surface area contributed by atoms with E-state index in [1.807, 2.05) is 0 Å². The molecule has 7 heteroatoms. The van der Waals surface area contributed by atoms with Gasteiger partial charge in [0.25, 0.3) is 5.91 Å². The molecule has 26 heavy (non-hydrogen) atoms. The largest absolute Gasteiger partial charge is 0.439 e. The number of carbonyl (C=O) groups excluding carboxylic acids is 1. The van der Waals surface area contributed by atoms with E-state index in [1.54, 1.807) is 18.3 Å². The lowest BCUT2D eigenvalue weighted by atomic mass is 10.2. The molecule has 0 spiro atoms. The summed E-state index contributed by atoms with van der Waals surface area (Å²) in [6, 6.07) is 12.8. The molecule has 4 nitrogen and oxygen atoms in total. The van der Waals surface area contributed by atoms with Crippen molar-refractivity contribution in [2.75, 3.05) is 0 Å². The van der Waals surface area contributed by atoms with E-state index in [0.717, 1.165) is 11.6 Å². The highest BCUT2D eigenvalue weighted by Crippen LogP contribution is 2.21. The van der Waals surface area contributed by atoms with Crippen molar-refractivity contribution in [1.29, 1.82) is 0 Å². The molecule has 132 valence electrons. The molecule has 0 saturated heterocycles. The SMILES string of the molecule is O=C(NCc1ccnc(Oc2ccc(F)cc2)c1)c1cc(F)ccc1Br. The molecule has 1 heterocycles. The van der Waals surface area contributed by atoms with Crippen molar-refractivity contribution >= 4 is 21.8 Å². The van der Waals surface area contributed by atoms with E-state index >= 15 is 0 Å². The molecule has 3 rings (SSSR count). The lowest BCUT2D eigenvalue weighted by molar-refractivity contribution is 0.0949. The summed E-state index contributed by atoms with van der Waals surface area (Å²) in [6.07, 6.45) is 1.54. The third-order valence-corrected chi connectivity index (χ3v) is 4.15. The Morgan fingerprint density at radius 1 is 1.04 bits per heavy atom. The molecule has 0 aliphatic carbocycles. The molecule has 1 amide bonds. The molecular weight excluding hydrogens is 406 g/mol. The molecule has 0 unspecified atom stereocenters. The summed E-state index contributed by atoms with van der Waals surface area (Å²) in [5, 5.41) is 2.71. The van der Waals surface area contributed by atoms with Crippen molar-refractivity contribution in [3.05, 3.63) is 88.0 Å². The van der Waals surface area contributed by atoms with Crippen LogP contribution in [0.25, 0.3) is 0 Å². The van der Waals surface area contributed by atoms with E-state index in [1.165, 1.54) is 36.4 Å². The monoisotopic (exact) mass is 418 g/mol. The number of nitrogens with zero attached hydrogens (tertiary/aromatic N) is 1. The van der Waals surface area contributed by atoms with Crippen LogP contribution in [0.1, 0.15) is 15.9 Å². The fraction of sp³-hybridized carbons (Fsp3) is 0.0526. The van der Waals surface area contributed by atoms with E-state index in [4.69, 9.17) is 4.74 Å². The van der Waals surface area contributed by atoms with Gasteiger partial charge in [-0.25, -0.2) is 13.8 Å². The van der Waals surface area contributed by atoms with Gasteiger partial charge in [-0.05, 0) is 70.0 Å². The number of rotatable bonds is 5. The minimum atomic E-state index is -0.489. The molecule has 0 fully saturated rings. The maximum absolute atomic E-state index is 13.3. The van der Waals surface area contributed by atoms with Crippen LogP contribution in [-0.4, -0.2) is 10.9 Å². The van der Waals surface area contributed by atoms with Crippen LogP contribution in [0.5, 0.6) is 11.6 Å². The van der Waals surface area contributed by atoms with Crippen LogP contribution in [0.4, 0.5) is 8.78 Å². The summed E-state index contributed by atoms with van der Waals surface area (Å²) in [7, 11) is 0. The Kier molecular flexibility index (Phi) is 5.58. The minimum absolute atomic E-state index is 0.210. The molecule has 1 N–H and O–H groups in total.